The summed E-state index contributed by atoms with van der Waals surface area (Å²) in [5, 5.41) is 18.1. The number of unbranched alkanes of at least 4 members (excludes halogenated alkanes) is 1. The van der Waals surface area contributed by atoms with Gasteiger partial charge in [-0.25, -0.2) is 4.68 Å². The van der Waals surface area contributed by atoms with Crippen molar-refractivity contribution in [2.45, 2.75) is 46.1 Å². The van der Waals surface area contributed by atoms with Gasteiger partial charge in [-0.3, -0.25) is 0 Å². The minimum Gasteiger partial charge on any atom is -0.358 e. The summed E-state index contributed by atoms with van der Waals surface area (Å²) >= 11 is 0. The van der Waals surface area contributed by atoms with Crippen molar-refractivity contribution in [3.05, 3.63) is 15.8 Å². The quantitative estimate of drug-likeness (QED) is 0.533. The van der Waals surface area contributed by atoms with Crippen LogP contribution in [0.5, 0.6) is 0 Å². The molecule has 1 aromatic heterocycles. The molecule has 0 unspecified atom stereocenters. The third-order valence-corrected chi connectivity index (χ3v) is 2.19. The SMILES string of the molecule is CCCCc1c([N+](=O)[O-])nnn1CCC. The second kappa shape index (κ2) is 5.43. The molecule has 6 heteroatoms. The second-order valence-electron chi connectivity index (χ2n) is 3.44. The van der Waals surface area contributed by atoms with E-state index in [4.69, 9.17) is 0 Å². The van der Waals surface area contributed by atoms with Gasteiger partial charge in [-0.15, -0.1) is 0 Å². The summed E-state index contributed by atoms with van der Waals surface area (Å²) in [5.41, 5.74) is 0.656. The zero-order valence-electron chi connectivity index (χ0n) is 9.14. The summed E-state index contributed by atoms with van der Waals surface area (Å²) < 4.78 is 1.65. The van der Waals surface area contributed by atoms with E-state index in [1.807, 2.05) is 6.92 Å². The average Bonchev–Trinajstić information content (AvgIpc) is 2.59. The summed E-state index contributed by atoms with van der Waals surface area (Å²) in [7, 11) is 0. The number of nitro groups is 1. The highest BCUT2D eigenvalue weighted by atomic mass is 16.6. The molecule has 0 saturated carbocycles. The maximum atomic E-state index is 10.7. The summed E-state index contributed by atoms with van der Waals surface area (Å²) in [6, 6.07) is 0. The Morgan fingerprint density at radius 3 is 2.67 bits per heavy atom. The van der Waals surface area contributed by atoms with Crippen LogP contribution in [0.15, 0.2) is 0 Å². The standard InChI is InChI=1S/C9H16N4O2/c1-3-5-6-8-9(13(14)15)10-11-12(8)7-4-2/h3-7H2,1-2H3. The molecule has 1 heterocycles. The van der Waals surface area contributed by atoms with E-state index < -0.39 is 4.92 Å². The molecule has 0 aliphatic carbocycles. The molecule has 0 radical (unpaired) electrons. The number of hydrogen-bond donors (Lipinski definition) is 0. The van der Waals surface area contributed by atoms with Gasteiger partial charge in [0.1, 0.15) is 10.8 Å². The lowest BCUT2D eigenvalue weighted by atomic mass is 10.2. The molecule has 0 aliphatic rings. The Morgan fingerprint density at radius 2 is 2.13 bits per heavy atom. The Balaban J connectivity index is 2.91. The molecular weight excluding hydrogens is 196 g/mol. The smallest absolute Gasteiger partial charge is 0.358 e. The minimum absolute atomic E-state index is 0.0862. The first kappa shape index (κ1) is 11.6. The highest BCUT2D eigenvalue weighted by molar-refractivity contribution is 5.24. The first-order valence-electron chi connectivity index (χ1n) is 5.27. The molecule has 0 atom stereocenters. The fourth-order valence-electron chi connectivity index (χ4n) is 1.44. The van der Waals surface area contributed by atoms with Gasteiger partial charge in [0.25, 0.3) is 0 Å². The van der Waals surface area contributed by atoms with Gasteiger partial charge < -0.3 is 10.1 Å². The van der Waals surface area contributed by atoms with Crippen LogP contribution in [0, 0.1) is 10.1 Å². The van der Waals surface area contributed by atoms with Gasteiger partial charge in [0.2, 0.25) is 0 Å². The van der Waals surface area contributed by atoms with E-state index in [1.54, 1.807) is 4.68 Å². The minimum atomic E-state index is -0.454. The lowest BCUT2D eigenvalue weighted by Gasteiger charge is -2.01. The zero-order chi connectivity index (χ0) is 11.3. The lowest BCUT2D eigenvalue weighted by Crippen LogP contribution is -2.05. The molecule has 1 aromatic rings. The molecule has 0 aromatic carbocycles. The van der Waals surface area contributed by atoms with Gasteiger partial charge in [-0.2, -0.15) is 0 Å². The molecule has 15 heavy (non-hydrogen) atoms. The molecule has 0 fully saturated rings. The molecule has 1 rings (SSSR count). The van der Waals surface area contributed by atoms with Gasteiger partial charge in [0, 0.05) is 6.54 Å². The summed E-state index contributed by atoms with van der Waals surface area (Å²) in [6.45, 7) is 4.76. The van der Waals surface area contributed by atoms with Crippen LogP contribution in [0.1, 0.15) is 38.8 Å². The largest absolute Gasteiger partial charge is 0.413 e. The Kier molecular flexibility index (Phi) is 4.20. The van der Waals surface area contributed by atoms with Crippen LogP contribution in [-0.2, 0) is 13.0 Å². The maximum absolute atomic E-state index is 10.7. The van der Waals surface area contributed by atoms with Gasteiger partial charge in [0.05, 0.1) is 5.21 Å². The zero-order valence-corrected chi connectivity index (χ0v) is 9.14. The number of aromatic nitrogens is 3. The van der Waals surface area contributed by atoms with Crippen LogP contribution in [-0.4, -0.2) is 19.9 Å². The first-order chi connectivity index (χ1) is 7.20. The van der Waals surface area contributed by atoms with Crippen molar-refractivity contribution in [2.24, 2.45) is 0 Å². The van der Waals surface area contributed by atoms with E-state index in [2.05, 4.69) is 17.2 Å². The Morgan fingerprint density at radius 1 is 1.40 bits per heavy atom. The first-order valence-corrected chi connectivity index (χ1v) is 5.27. The third-order valence-electron chi connectivity index (χ3n) is 2.19. The maximum Gasteiger partial charge on any atom is 0.413 e. The summed E-state index contributed by atoms with van der Waals surface area (Å²) in [4.78, 5) is 10.2. The number of nitrogens with zero attached hydrogens (tertiary/aromatic N) is 4. The van der Waals surface area contributed by atoms with Crippen molar-refractivity contribution in [1.82, 2.24) is 15.0 Å². The van der Waals surface area contributed by atoms with Gasteiger partial charge in [-0.1, -0.05) is 20.3 Å². The van der Waals surface area contributed by atoms with Crippen LogP contribution in [0.25, 0.3) is 0 Å². The molecule has 6 nitrogen and oxygen atoms in total. The number of hydrogen-bond acceptors (Lipinski definition) is 4. The molecule has 0 bridgehead atoms. The highest BCUT2D eigenvalue weighted by Crippen LogP contribution is 2.17. The van der Waals surface area contributed by atoms with Crippen molar-refractivity contribution >= 4 is 5.82 Å². The van der Waals surface area contributed by atoms with E-state index in [0.717, 1.165) is 19.3 Å². The van der Waals surface area contributed by atoms with Crippen molar-refractivity contribution in [3.63, 3.8) is 0 Å². The van der Waals surface area contributed by atoms with Gasteiger partial charge >= 0.3 is 5.82 Å². The van der Waals surface area contributed by atoms with E-state index in [0.29, 0.717) is 18.7 Å². The summed E-state index contributed by atoms with van der Waals surface area (Å²) in [5.74, 6) is -0.0862. The molecule has 0 spiro atoms. The van der Waals surface area contributed by atoms with Crippen molar-refractivity contribution in [1.29, 1.82) is 0 Å². The Bertz CT molecular complexity index is 335. The molecule has 84 valence electrons. The third kappa shape index (κ3) is 2.74. The molecule has 0 N–H and O–H groups in total. The van der Waals surface area contributed by atoms with E-state index in [-0.39, 0.29) is 5.82 Å². The van der Waals surface area contributed by atoms with Crippen LogP contribution < -0.4 is 0 Å². The Hall–Kier alpha value is -1.46. The van der Waals surface area contributed by atoms with Crippen molar-refractivity contribution in [2.75, 3.05) is 0 Å². The molecule has 0 saturated heterocycles. The van der Waals surface area contributed by atoms with Gasteiger partial charge in [0.15, 0.2) is 0 Å². The Labute approximate surface area is 88.4 Å². The van der Waals surface area contributed by atoms with E-state index >= 15 is 0 Å². The second-order valence-corrected chi connectivity index (χ2v) is 3.44. The predicted octanol–water partition coefficient (Wildman–Crippen LogP) is 1.94. The molecule has 0 amide bonds. The predicted molar refractivity (Wildman–Crippen MR) is 55.6 cm³/mol. The number of aryl methyl sites for hydroxylation is 1. The van der Waals surface area contributed by atoms with Crippen LogP contribution in [0.4, 0.5) is 5.82 Å². The van der Waals surface area contributed by atoms with E-state index in [1.165, 1.54) is 0 Å². The van der Waals surface area contributed by atoms with Crippen LogP contribution >= 0.6 is 0 Å². The molecular formula is C9H16N4O2. The molecule has 0 aliphatic heterocycles. The lowest BCUT2D eigenvalue weighted by molar-refractivity contribution is -0.390. The van der Waals surface area contributed by atoms with Gasteiger partial charge in [-0.05, 0) is 24.2 Å². The summed E-state index contributed by atoms with van der Waals surface area (Å²) in [6.07, 6.45) is 3.52. The normalized spacial score (nSPS) is 10.5. The van der Waals surface area contributed by atoms with Crippen molar-refractivity contribution < 1.29 is 4.92 Å². The fourth-order valence-corrected chi connectivity index (χ4v) is 1.44. The van der Waals surface area contributed by atoms with E-state index in [9.17, 15) is 10.1 Å². The van der Waals surface area contributed by atoms with Crippen LogP contribution in [0.3, 0.4) is 0 Å². The topological polar surface area (TPSA) is 73.8 Å². The monoisotopic (exact) mass is 212 g/mol. The highest BCUT2D eigenvalue weighted by Gasteiger charge is 2.22. The average molecular weight is 212 g/mol. The van der Waals surface area contributed by atoms with Crippen LogP contribution in [0.2, 0.25) is 0 Å². The number of rotatable bonds is 6. The fraction of sp³-hybridized carbons (Fsp3) is 0.778. The van der Waals surface area contributed by atoms with Crippen molar-refractivity contribution in [3.8, 4) is 0 Å².